The summed E-state index contributed by atoms with van der Waals surface area (Å²) in [5.74, 6) is 0.899. The Bertz CT molecular complexity index is 1000. The molecule has 0 bridgehead atoms. The van der Waals surface area contributed by atoms with Crippen molar-refractivity contribution in [1.82, 2.24) is 0 Å². The van der Waals surface area contributed by atoms with Gasteiger partial charge in [-0.05, 0) is 57.8 Å². The van der Waals surface area contributed by atoms with Crippen LogP contribution in [0, 0.1) is 0 Å². The van der Waals surface area contributed by atoms with Gasteiger partial charge in [0.25, 0.3) is 0 Å². The molecule has 1 atom stereocenters. The SMILES string of the molecule is COc1ccccc1P(c1ccccc1)c1ccccc1B1OC(C)(C)C(C)(C)O1. The van der Waals surface area contributed by atoms with Gasteiger partial charge in [-0.3, -0.25) is 0 Å². The van der Waals surface area contributed by atoms with E-state index in [9.17, 15) is 0 Å². The summed E-state index contributed by atoms with van der Waals surface area (Å²) < 4.78 is 18.6. The molecule has 1 unspecified atom stereocenters. The van der Waals surface area contributed by atoms with Crippen molar-refractivity contribution in [2.75, 3.05) is 7.11 Å². The lowest BCUT2D eigenvalue weighted by Crippen LogP contribution is -2.44. The van der Waals surface area contributed by atoms with Crippen LogP contribution >= 0.6 is 7.92 Å². The lowest BCUT2D eigenvalue weighted by Gasteiger charge is -2.32. The summed E-state index contributed by atoms with van der Waals surface area (Å²) in [4.78, 5) is 0. The van der Waals surface area contributed by atoms with Crippen molar-refractivity contribution in [2.45, 2.75) is 38.9 Å². The molecule has 1 saturated heterocycles. The Morgan fingerprint density at radius 3 is 1.87 bits per heavy atom. The molecular formula is C25H28BO3P. The molecule has 154 valence electrons. The molecule has 0 N–H and O–H groups in total. The highest BCUT2D eigenvalue weighted by Gasteiger charge is 2.52. The highest BCUT2D eigenvalue weighted by Crippen LogP contribution is 2.39. The van der Waals surface area contributed by atoms with Gasteiger partial charge in [0, 0.05) is 5.30 Å². The monoisotopic (exact) mass is 418 g/mol. The average Bonchev–Trinajstić information content (AvgIpc) is 2.97. The van der Waals surface area contributed by atoms with Gasteiger partial charge in [0.2, 0.25) is 0 Å². The van der Waals surface area contributed by atoms with Gasteiger partial charge in [0.15, 0.2) is 0 Å². The first-order valence-electron chi connectivity index (χ1n) is 10.3. The predicted octanol–water partition coefficient (Wildman–Crippen LogP) is 3.75. The molecule has 0 aromatic heterocycles. The first-order valence-corrected chi connectivity index (χ1v) is 11.6. The molecular weight excluding hydrogens is 390 g/mol. The third-order valence-electron chi connectivity index (χ3n) is 6.03. The zero-order chi connectivity index (χ0) is 21.4. The van der Waals surface area contributed by atoms with Crippen LogP contribution in [0.4, 0.5) is 0 Å². The number of hydrogen-bond acceptors (Lipinski definition) is 3. The Labute approximate surface area is 181 Å². The topological polar surface area (TPSA) is 27.7 Å². The smallest absolute Gasteiger partial charge is 0.495 e. The quantitative estimate of drug-likeness (QED) is 0.467. The van der Waals surface area contributed by atoms with Crippen LogP contribution in [-0.2, 0) is 9.31 Å². The van der Waals surface area contributed by atoms with Crippen LogP contribution in [0.2, 0.25) is 0 Å². The van der Waals surface area contributed by atoms with E-state index in [1.165, 1.54) is 15.9 Å². The molecule has 3 nitrogen and oxygen atoms in total. The van der Waals surface area contributed by atoms with Crippen molar-refractivity contribution in [3.63, 3.8) is 0 Å². The average molecular weight is 418 g/mol. The van der Waals surface area contributed by atoms with E-state index in [4.69, 9.17) is 14.0 Å². The standard InChI is InChI=1S/C25H28BO3P/c1-24(2)25(3,4)29-26(28-24)20-15-9-11-17-22(20)30(19-13-7-6-8-14-19)23-18-12-10-16-21(23)27-5/h6-18H,1-5H3. The van der Waals surface area contributed by atoms with Crippen LogP contribution in [0.5, 0.6) is 5.75 Å². The van der Waals surface area contributed by atoms with E-state index in [1.807, 2.05) is 12.1 Å². The number of hydrogen-bond donors (Lipinski definition) is 0. The normalized spacial score (nSPS) is 18.2. The summed E-state index contributed by atoms with van der Waals surface area (Å²) in [6.45, 7) is 8.37. The molecule has 1 aliphatic rings. The van der Waals surface area contributed by atoms with E-state index in [0.29, 0.717) is 0 Å². The van der Waals surface area contributed by atoms with Crippen molar-refractivity contribution < 1.29 is 14.0 Å². The van der Waals surface area contributed by atoms with E-state index < -0.39 is 15.0 Å². The van der Waals surface area contributed by atoms with Crippen LogP contribution in [-0.4, -0.2) is 25.4 Å². The Hall–Kier alpha value is -2.13. The fourth-order valence-electron chi connectivity index (χ4n) is 3.66. The van der Waals surface area contributed by atoms with Gasteiger partial charge in [-0.15, -0.1) is 0 Å². The van der Waals surface area contributed by atoms with Crippen LogP contribution in [0.25, 0.3) is 0 Å². The predicted molar refractivity (Wildman–Crippen MR) is 127 cm³/mol. The molecule has 3 aromatic carbocycles. The first kappa shape index (κ1) is 21.1. The molecule has 0 radical (unpaired) electrons. The minimum Gasteiger partial charge on any atom is -0.496 e. The highest BCUT2D eigenvalue weighted by atomic mass is 31.1. The summed E-state index contributed by atoms with van der Waals surface area (Å²) in [6, 6.07) is 27.4. The molecule has 0 aliphatic carbocycles. The fraction of sp³-hybridized carbons (Fsp3) is 0.280. The molecule has 1 fully saturated rings. The van der Waals surface area contributed by atoms with Crippen LogP contribution in [0.3, 0.4) is 0 Å². The second-order valence-corrected chi connectivity index (χ2v) is 10.6. The molecule has 0 saturated carbocycles. The summed E-state index contributed by atoms with van der Waals surface area (Å²) in [7, 11) is 0.470. The summed E-state index contributed by atoms with van der Waals surface area (Å²) in [5, 5.41) is 3.67. The van der Waals surface area contributed by atoms with Crippen LogP contribution in [0.1, 0.15) is 27.7 Å². The Morgan fingerprint density at radius 2 is 1.23 bits per heavy atom. The third kappa shape index (κ3) is 3.80. The number of ether oxygens (including phenoxy) is 1. The zero-order valence-electron chi connectivity index (χ0n) is 18.3. The van der Waals surface area contributed by atoms with Gasteiger partial charge >= 0.3 is 7.12 Å². The fourth-order valence-corrected chi connectivity index (χ4v) is 6.24. The third-order valence-corrected chi connectivity index (χ3v) is 8.58. The zero-order valence-corrected chi connectivity index (χ0v) is 19.1. The molecule has 0 amide bonds. The van der Waals surface area contributed by atoms with Crippen molar-refractivity contribution in [2.24, 2.45) is 0 Å². The van der Waals surface area contributed by atoms with E-state index >= 15 is 0 Å². The Morgan fingerprint density at radius 1 is 0.700 bits per heavy atom. The largest absolute Gasteiger partial charge is 0.496 e. The van der Waals surface area contributed by atoms with Crippen molar-refractivity contribution in [1.29, 1.82) is 0 Å². The van der Waals surface area contributed by atoms with E-state index in [1.54, 1.807) is 7.11 Å². The second-order valence-electron chi connectivity index (χ2n) is 8.49. The number of para-hydroxylation sites is 1. The Balaban J connectivity index is 1.88. The van der Waals surface area contributed by atoms with Crippen LogP contribution in [0.15, 0.2) is 78.9 Å². The van der Waals surface area contributed by atoms with Crippen molar-refractivity contribution >= 4 is 36.4 Å². The minimum absolute atomic E-state index is 0.384. The van der Waals surface area contributed by atoms with Gasteiger partial charge in [-0.2, -0.15) is 0 Å². The maximum absolute atomic E-state index is 6.43. The van der Waals surface area contributed by atoms with E-state index in [-0.39, 0.29) is 11.2 Å². The molecule has 1 heterocycles. The minimum atomic E-state index is -0.856. The first-order chi connectivity index (χ1) is 14.3. The maximum Gasteiger partial charge on any atom is 0.495 e. The summed E-state index contributed by atoms with van der Waals surface area (Å²) >= 11 is 0. The molecule has 4 rings (SSSR count). The Kier molecular flexibility index (Phi) is 5.77. The van der Waals surface area contributed by atoms with Gasteiger partial charge in [-0.1, -0.05) is 72.8 Å². The summed E-state index contributed by atoms with van der Waals surface area (Å²) in [6.07, 6.45) is 0. The number of rotatable bonds is 5. The number of methoxy groups -OCH3 is 1. The van der Waals surface area contributed by atoms with Gasteiger partial charge in [0.1, 0.15) is 5.75 Å². The molecule has 3 aromatic rings. The van der Waals surface area contributed by atoms with Crippen molar-refractivity contribution in [3.05, 3.63) is 78.9 Å². The second kappa shape index (κ2) is 8.19. The number of benzene rings is 3. The molecule has 30 heavy (non-hydrogen) atoms. The highest BCUT2D eigenvalue weighted by molar-refractivity contribution is 7.80. The van der Waals surface area contributed by atoms with Gasteiger partial charge < -0.3 is 14.0 Å². The van der Waals surface area contributed by atoms with Gasteiger partial charge in [-0.25, -0.2) is 0 Å². The maximum atomic E-state index is 6.43. The summed E-state index contributed by atoms with van der Waals surface area (Å²) in [5.41, 5.74) is 0.312. The van der Waals surface area contributed by atoms with Crippen LogP contribution < -0.4 is 26.1 Å². The molecule has 5 heteroatoms. The molecule has 1 aliphatic heterocycles. The lowest BCUT2D eigenvalue weighted by atomic mass is 9.79. The van der Waals surface area contributed by atoms with Crippen molar-refractivity contribution in [3.8, 4) is 5.75 Å². The lowest BCUT2D eigenvalue weighted by molar-refractivity contribution is 0.00578. The van der Waals surface area contributed by atoms with E-state index in [2.05, 4.69) is 94.4 Å². The van der Waals surface area contributed by atoms with E-state index in [0.717, 1.165) is 11.2 Å². The molecule has 0 spiro atoms. The van der Waals surface area contributed by atoms with Gasteiger partial charge in [0.05, 0.1) is 18.3 Å².